The number of amides is 1. The van der Waals surface area contributed by atoms with Crippen LogP contribution in [0, 0.1) is 13.8 Å². The molecule has 0 spiro atoms. The van der Waals surface area contributed by atoms with E-state index in [1.165, 1.54) is 23.1 Å². The van der Waals surface area contributed by atoms with Crippen molar-refractivity contribution in [1.29, 1.82) is 0 Å². The molecule has 2 heterocycles. The second kappa shape index (κ2) is 9.56. The summed E-state index contributed by atoms with van der Waals surface area (Å²) in [7, 11) is 1.28. The fourth-order valence-corrected chi connectivity index (χ4v) is 4.67. The average Bonchev–Trinajstić information content (AvgIpc) is 3.40. The molecule has 0 fully saturated rings. The first-order valence-electron chi connectivity index (χ1n) is 10.5. The number of nitrogens with zero attached hydrogens (tertiary/aromatic N) is 2. The van der Waals surface area contributed by atoms with Crippen LogP contribution in [0.2, 0.25) is 0 Å². The molecule has 33 heavy (non-hydrogen) atoms. The van der Waals surface area contributed by atoms with Crippen molar-refractivity contribution in [3.63, 3.8) is 0 Å². The molecule has 0 unspecified atom stereocenters. The summed E-state index contributed by atoms with van der Waals surface area (Å²) in [5.41, 5.74) is 6.39. The number of carbonyl (C=O) groups is 2. The number of nitrogens with one attached hydrogen (secondary N) is 1. The van der Waals surface area contributed by atoms with E-state index in [9.17, 15) is 14.7 Å². The minimum Gasteiger partial charge on any atom is -0.466 e. The number of methoxy groups -OCH3 is 1. The van der Waals surface area contributed by atoms with Crippen LogP contribution in [0.15, 0.2) is 59.1 Å². The first kappa shape index (κ1) is 22.7. The highest BCUT2D eigenvalue weighted by Crippen LogP contribution is 2.32. The van der Waals surface area contributed by atoms with Gasteiger partial charge in [0.15, 0.2) is 0 Å². The highest BCUT2D eigenvalue weighted by molar-refractivity contribution is 7.13. The Balaban J connectivity index is 1.61. The number of ether oxygens (including phenoxy) is 1. The number of aryl methyl sites for hydroxylation is 2. The summed E-state index contributed by atoms with van der Waals surface area (Å²) < 4.78 is 4.85. The molecule has 0 saturated heterocycles. The molecule has 2 N–H and O–H groups in total. The maximum atomic E-state index is 12.8. The maximum absolute atomic E-state index is 12.8. The lowest BCUT2D eigenvalue weighted by molar-refractivity contribution is -0.136. The van der Waals surface area contributed by atoms with Gasteiger partial charge < -0.3 is 20.1 Å². The molecule has 1 amide bonds. The van der Waals surface area contributed by atoms with Crippen LogP contribution >= 0.6 is 11.3 Å². The van der Waals surface area contributed by atoms with Gasteiger partial charge in [-0.1, -0.05) is 35.9 Å². The quantitative estimate of drug-likeness (QED) is 0.519. The zero-order chi connectivity index (χ0) is 23.5. The Kier molecular flexibility index (Phi) is 6.57. The van der Waals surface area contributed by atoms with Crippen LogP contribution in [0.5, 0.6) is 0 Å². The van der Waals surface area contributed by atoms with Crippen molar-refractivity contribution in [3.8, 4) is 21.8 Å². The van der Waals surface area contributed by atoms with E-state index in [0.29, 0.717) is 5.69 Å². The molecule has 0 bridgehead atoms. The Labute approximate surface area is 196 Å². The summed E-state index contributed by atoms with van der Waals surface area (Å²) in [4.78, 5) is 31.2. The Morgan fingerprint density at radius 2 is 2.06 bits per heavy atom. The molecule has 2 aromatic carbocycles. The van der Waals surface area contributed by atoms with Crippen molar-refractivity contribution in [2.45, 2.75) is 13.8 Å². The van der Waals surface area contributed by atoms with Crippen molar-refractivity contribution < 1.29 is 19.4 Å². The highest BCUT2D eigenvalue weighted by atomic mass is 32.1. The number of esters is 1. The maximum Gasteiger partial charge on any atom is 0.337 e. The van der Waals surface area contributed by atoms with Crippen molar-refractivity contribution >= 4 is 28.9 Å². The first-order valence-corrected chi connectivity index (χ1v) is 11.4. The SMILES string of the molecule is COC(=O)C1=C(Nc2cccc(-c3nc(-c4ccc(C)cc4C)cs3)c2)C(=O)N(CCO)C1. The number of aliphatic hydroxyl groups is 1. The van der Waals surface area contributed by atoms with Crippen molar-refractivity contribution in [1.82, 2.24) is 9.88 Å². The van der Waals surface area contributed by atoms with Crippen LogP contribution in [0.25, 0.3) is 21.8 Å². The van der Waals surface area contributed by atoms with Gasteiger partial charge in [-0.25, -0.2) is 9.78 Å². The highest BCUT2D eigenvalue weighted by Gasteiger charge is 2.34. The first-order chi connectivity index (χ1) is 15.9. The third kappa shape index (κ3) is 4.67. The van der Waals surface area contributed by atoms with Gasteiger partial charge in [-0.2, -0.15) is 0 Å². The van der Waals surface area contributed by atoms with Crippen molar-refractivity contribution in [2.75, 3.05) is 32.1 Å². The predicted molar refractivity (Wildman–Crippen MR) is 129 cm³/mol. The molecule has 170 valence electrons. The van der Waals surface area contributed by atoms with Crippen molar-refractivity contribution in [2.24, 2.45) is 0 Å². The molecular formula is C25H25N3O4S. The number of rotatable bonds is 7. The number of anilines is 1. The van der Waals surface area contributed by atoms with E-state index in [-0.39, 0.29) is 36.9 Å². The number of benzene rings is 2. The summed E-state index contributed by atoms with van der Waals surface area (Å²) in [6.07, 6.45) is 0. The average molecular weight is 464 g/mol. The smallest absolute Gasteiger partial charge is 0.337 e. The van der Waals surface area contributed by atoms with Crippen LogP contribution in [-0.2, 0) is 14.3 Å². The zero-order valence-corrected chi connectivity index (χ0v) is 19.5. The molecule has 8 heteroatoms. The van der Waals surface area contributed by atoms with E-state index in [0.717, 1.165) is 21.8 Å². The zero-order valence-electron chi connectivity index (χ0n) is 18.7. The summed E-state index contributed by atoms with van der Waals surface area (Å²) >= 11 is 1.55. The number of carbonyl (C=O) groups excluding carboxylic acids is 2. The predicted octanol–water partition coefficient (Wildman–Crippen LogP) is 3.77. The van der Waals surface area contributed by atoms with Crippen LogP contribution in [0.4, 0.5) is 5.69 Å². The lowest BCUT2D eigenvalue weighted by atomic mass is 10.0. The van der Waals surface area contributed by atoms with Gasteiger partial charge >= 0.3 is 5.97 Å². The minimum atomic E-state index is -0.569. The molecule has 0 atom stereocenters. The van der Waals surface area contributed by atoms with Gasteiger partial charge in [0.2, 0.25) is 0 Å². The monoisotopic (exact) mass is 463 g/mol. The Hall–Kier alpha value is -3.49. The van der Waals surface area contributed by atoms with E-state index >= 15 is 0 Å². The molecule has 0 saturated carbocycles. The molecule has 7 nitrogen and oxygen atoms in total. The van der Waals surface area contributed by atoms with E-state index in [1.54, 1.807) is 11.3 Å². The third-order valence-corrected chi connectivity index (χ3v) is 6.39. The number of hydrogen-bond acceptors (Lipinski definition) is 7. The van der Waals surface area contributed by atoms with E-state index in [2.05, 4.69) is 37.4 Å². The van der Waals surface area contributed by atoms with E-state index < -0.39 is 5.97 Å². The molecule has 1 aromatic heterocycles. The van der Waals surface area contributed by atoms with Gasteiger partial charge in [-0.15, -0.1) is 11.3 Å². The lowest BCUT2D eigenvalue weighted by Crippen LogP contribution is -2.31. The molecule has 4 rings (SSSR count). The lowest BCUT2D eigenvalue weighted by Gasteiger charge is -2.15. The molecule has 1 aliphatic rings. The van der Waals surface area contributed by atoms with Gasteiger partial charge in [-0.05, 0) is 31.5 Å². The molecule has 3 aromatic rings. The van der Waals surface area contributed by atoms with Crippen LogP contribution in [0.1, 0.15) is 11.1 Å². The van der Waals surface area contributed by atoms with E-state index in [4.69, 9.17) is 9.72 Å². The number of hydrogen-bond donors (Lipinski definition) is 2. The molecule has 0 aliphatic carbocycles. The van der Waals surface area contributed by atoms with Crippen LogP contribution in [-0.4, -0.2) is 53.7 Å². The second-order valence-electron chi connectivity index (χ2n) is 7.86. The van der Waals surface area contributed by atoms with Gasteiger partial charge in [0.1, 0.15) is 10.7 Å². The number of aliphatic hydroxyl groups excluding tert-OH is 1. The fourth-order valence-electron chi connectivity index (χ4n) is 3.85. The van der Waals surface area contributed by atoms with Gasteiger partial charge in [0.25, 0.3) is 5.91 Å². The van der Waals surface area contributed by atoms with Crippen LogP contribution < -0.4 is 5.32 Å². The molecule has 0 radical (unpaired) electrons. The van der Waals surface area contributed by atoms with Gasteiger partial charge in [0, 0.05) is 28.7 Å². The Morgan fingerprint density at radius 3 is 2.79 bits per heavy atom. The normalized spacial score (nSPS) is 13.6. The number of thiazole rings is 1. The summed E-state index contributed by atoms with van der Waals surface area (Å²) in [6, 6.07) is 13.9. The topological polar surface area (TPSA) is 91.8 Å². The minimum absolute atomic E-state index is 0.0971. The van der Waals surface area contributed by atoms with Gasteiger partial charge in [-0.3, -0.25) is 4.79 Å². The summed E-state index contributed by atoms with van der Waals surface area (Å²) in [5, 5.41) is 15.2. The fraction of sp³-hybridized carbons (Fsp3) is 0.240. The largest absolute Gasteiger partial charge is 0.466 e. The molecular weight excluding hydrogens is 438 g/mol. The van der Waals surface area contributed by atoms with Gasteiger partial charge in [0.05, 0.1) is 31.5 Å². The third-order valence-electron chi connectivity index (χ3n) is 5.49. The summed E-state index contributed by atoms with van der Waals surface area (Å²) in [6.45, 7) is 4.21. The number of β-amino-alcohol motifs (C(OH)–C–C–N with tert-alkyl or cyclic N) is 1. The standard InChI is InChI=1S/C25H25N3O4S/c1-15-7-8-19(16(2)11-15)21-14-33-23(27-21)17-5-4-6-18(12-17)26-22-20(25(31)32-3)13-28(9-10-29)24(22)30/h4-8,11-12,14,26,29H,9-10,13H2,1-3H3. The second-order valence-corrected chi connectivity index (χ2v) is 8.72. The Bertz CT molecular complexity index is 1250. The summed E-state index contributed by atoms with van der Waals surface area (Å²) in [5.74, 6) is -0.915. The molecule has 1 aliphatic heterocycles. The van der Waals surface area contributed by atoms with Crippen LogP contribution in [0.3, 0.4) is 0 Å². The Morgan fingerprint density at radius 1 is 1.24 bits per heavy atom. The number of aromatic nitrogens is 1. The van der Waals surface area contributed by atoms with Crippen molar-refractivity contribution in [3.05, 3.63) is 70.2 Å². The van der Waals surface area contributed by atoms with E-state index in [1.807, 2.05) is 29.6 Å².